The average molecular weight is 190 g/mol. The van der Waals surface area contributed by atoms with Gasteiger partial charge in [-0.15, -0.1) is 0 Å². The van der Waals surface area contributed by atoms with Crippen LogP contribution in [-0.4, -0.2) is 9.78 Å². The Morgan fingerprint density at radius 2 is 2.21 bits per heavy atom. The van der Waals surface area contributed by atoms with Crippen molar-refractivity contribution in [2.75, 3.05) is 0 Å². The first-order valence-corrected chi connectivity index (χ1v) is 4.88. The maximum Gasteiger partial charge on any atom is 0.151 e. The van der Waals surface area contributed by atoms with E-state index in [9.17, 15) is 4.39 Å². The lowest BCUT2D eigenvalue weighted by atomic mass is 10.1. The van der Waals surface area contributed by atoms with Crippen molar-refractivity contribution < 1.29 is 4.39 Å². The Bertz CT molecular complexity index is 497. The van der Waals surface area contributed by atoms with Crippen molar-refractivity contribution in [1.82, 2.24) is 9.78 Å². The van der Waals surface area contributed by atoms with Gasteiger partial charge < -0.3 is 0 Å². The molecule has 1 aromatic heterocycles. The fourth-order valence-corrected chi connectivity index (χ4v) is 2.04. The summed E-state index contributed by atoms with van der Waals surface area (Å²) in [6.45, 7) is 0. The van der Waals surface area contributed by atoms with Crippen molar-refractivity contribution in [3.63, 3.8) is 0 Å². The summed E-state index contributed by atoms with van der Waals surface area (Å²) in [5, 5.41) is 5.20. The lowest BCUT2D eigenvalue weighted by molar-refractivity contribution is 0.631. The van der Waals surface area contributed by atoms with Gasteiger partial charge in [-0.25, -0.2) is 4.39 Å². The Labute approximate surface area is 81.3 Å². The fourth-order valence-electron chi connectivity index (χ4n) is 2.04. The molecule has 0 saturated heterocycles. The van der Waals surface area contributed by atoms with Crippen molar-refractivity contribution in [2.45, 2.75) is 18.8 Å². The van der Waals surface area contributed by atoms with Gasteiger partial charge in [-0.2, -0.15) is 5.10 Å². The third-order valence-electron chi connectivity index (χ3n) is 2.83. The van der Waals surface area contributed by atoms with Gasteiger partial charge in [0.25, 0.3) is 0 Å². The molecule has 0 unspecified atom stereocenters. The lowest BCUT2D eigenvalue weighted by Gasteiger charge is -1.97. The molecule has 1 aromatic carbocycles. The summed E-state index contributed by atoms with van der Waals surface area (Å²) < 4.78 is 15.2. The first-order chi connectivity index (χ1) is 6.77. The van der Waals surface area contributed by atoms with Crippen LogP contribution in [0.25, 0.3) is 10.9 Å². The molecule has 3 heteroatoms. The molecule has 0 radical (unpaired) electrons. The molecule has 0 amide bonds. The summed E-state index contributed by atoms with van der Waals surface area (Å²) in [5.74, 6) is 0.386. The van der Waals surface area contributed by atoms with Crippen LogP contribution in [0, 0.1) is 5.82 Å². The Hall–Kier alpha value is -1.38. The molecular weight excluding hydrogens is 179 g/mol. The monoisotopic (exact) mass is 190 g/mol. The van der Waals surface area contributed by atoms with Gasteiger partial charge in [0, 0.05) is 24.0 Å². The summed E-state index contributed by atoms with van der Waals surface area (Å²) in [5.41, 5.74) is 1.71. The standard InChI is InChI=1S/C11H11FN2/c1-14-11(7-5-6-7)8-3-2-4-9(12)10(8)13-14/h2-4,7H,5-6H2,1H3. The number of fused-ring (bicyclic) bond motifs is 1. The van der Waals surface area contributed by atoms with Crippen LogP contribution >= 0.6 is 0 Å². The second-order valence-electron chi connectivity index (χ2n) is 3.92. The van der Waals surface area contributed by atoms with Crippen molar-refractivity contribution in [1.29, 1.82) is 0 Å². The minimum atomic E-state index is -0.218. The molecular formula is C11H11FN2. The maximum absolute atomic E-state index is 13.4. The molecule has 0 aliphatic heterocycles. The van der Waals surface area contributed by atoms with E-state index in [1.54, 1.807) is 6.07 Å². The minimum absolute atomic E-state index is 0.218. The third-order valence-corrected chi connectivity index (χ3v) is 2.83. The number of rotatable bonds is 1. The Morgan fingerprint density at radius 3 is 2.93 bits per heavy atom. The molecule has 1 heterocycles. The predicted octanol–water partition coefficient (Wildman–Crippen LogP) is 2.59. The zero-order valence-electron chi connectivity index (χ0n) is 8.00. The van der Waals surface area contributed by atoms with E-state index in [2.05, 4.69) is 5.10 Å². The number of hydrogen-bond acceptors (Lipinski definition) is 1. The highest BCUT2D eigenvalue weighted by Gasteiger charge is 2.29. The van der Waals surface area contributed by atoms with Crippen LogP contribution in [0.4, 0.5) is 4.39 Å². The van der Waals surface area contributed by atoms with Crippen molar-refractivity contribution in [2.24, 2.45) is 7.05 Å². The van der Waals surface area contributed by atoms with Crippen molar-refractivity contribution in [3.05, 3.63) is 29.7 Å². The number of hydrogen-bond donors (Lipinski definition) is 0. The third kappa shape index (κ3) is 0.983. The Balaban J connectivity index is 2.37. The van der Waals surface area contributed by atoms with Crippen LogP contribution in [0.5, 0.6) is 0 Å². The molecule has 3 rings (SSSR count). The van der Waals surface area contributed by atoms with E-state index < -0.39 is 0 Å². The van der Waals surface area contributed by atoms with E-state index in [1.165, 1.54) is 24.6 Å². The molecule has 0 atom stereocenters. The summed E-state index contributed by atoms with van der Waals surface area (Å²) in [6.07, 6.45) is 2.43. The molecule has 1 aliphatic rings. The smallest absolute Gasteiger partial charge is 0.151 e. The van der Waals surface area contributed by atoms with Gasteiger partial charge in [0.15, 0.2) is 5.82 Å². The van der Waals surface area contributed by atoms with E-state index in [-0.39, 0.29) is 5.82 Å². The second kappa shape index (κ2) is 2.56. The molecule has 0 N–H and O–H groups in total. The number of benzene rings is 1. The molecule has 72 valence electrons. The fraction of sp³-hybridized carbons (Fsp3) is 0.364. The summed E-state index contributed by atoms with van der Waals surface area (Å²) >= 11 is 0. The normalized spacial score (nSPS) is 16.4. The first kappa shape index (κ1) is 7.97. The number of halogens is 1. The highest BCUT2D eigenvalue weighted by Crippen LogP contribution is 2.43. The minimum Gasteiger partial charge on any atom is -0.271 e. The highest BCUT2D eigenvalue weighted by atomic mass is 19.1. The zero-order chi connectivity index (χ0) is 9.71. The molecule has 0 spiro atoms. The van der Waals surface area contributed by atoms with Crippen LogP contribution in [-0.2, 0) is 7.05 Å². The summed E-state index contributed by atoms with van der Waals surface area (Å²) in [6, 6.07) is 5.18. The SMILES string of the molecule is Cn1nc2c(F)cccc2c1C1CC1. The summed E-state index contributed by atoms with van der Waals surface area (Å²) in [4.78, 5) is 0. The van der Waals surface area contributed by atoms with Gasteiger partial charge in [0.05, 0.1) is 0 Å². The summed E-state index contributed by atoms with van der Waals surface area (Å²) in [7, 11) is 1.90. The van der Waals surface area contributed by atoms with E-state index in [0.717, 1.165) is 5.39 Å². The quantitative estimate of drug-likeness (QED) is 0.675. The van der Waals surface area contributed by atoms with Crippen LogP contribution < -0.4 is 0 Å². The Kier molecular flexibility index (Phi) is 1.46. The molecule has 1 aliphatic carbocycles. The number of nitrogens with zero attached hydrogens (tertiary/aromatic N) is 2. The second-order valence-corrected chi connectivity index (χ2v) is 3.92. The molecule has 1 saturated carbocycles. The largest absolute Gasteiger partial charge is 0.271 e. The van der Waals surface area contributed by atoms with Gasteiger partial charge in [0.1, 0.15) is 5.52 Å². The van der Waals surface area contributed by atoms with E-state index in [0.29, 0.717) is 11.4 Å². The van der Waals surface area contributed by atoms with Gasteiger partial charge in [-0.1, -0.05) is 12.1 Å². The van der Waals surface area contributed by atoms with Gasteiger partial charge >= 0.3 is 0 Å². The zero-order valence-corrected chi connectivity index (χ0v) is 8.00. The van der Waals surface area contributed by atoms with Crippen LogP contribution in [0.15, 0.2) is 18.2 Å². The van der Waals surface area contributed by atoms with Gasteiger partial charge in [0.2, 0.25) is 0 Å². The molecule has 0 bridgehead atoms. The van der Waals surface area contributed by atoms with Crippen molar-refractivity contribution >= 4 is 10.9 Å². The van der Waals surface area contributed by atoms with E-state index in [4.69, 9.17) is 0 Å². The maximum atomic E-state index is 13.4. The molecule has 2 nitrogen and oxygen atoms in total. The van der Waals surface area contributed by atoms with E-state index >= 15 is 0 Å². The van der Waals surface area contributed by atoms with E-state index in [1.807, 2.05) is 17.8 Å². The average Bonchev–Trinajstić information content (AvgIpc) is 2.91. The topological polar surface area (TPSA) is 17.8 Å². The van der Waals surface area contributed by atoms with Gasteiger partial charge in [-0.05, 0) is 18.9 Å². The Morgan fingerprint density at radius 1 is 1.43 bits per heavy atom. The predicted molar refractivity (Wildman–Crippen MR) is 52.6 cm³/mol. The molecule has 1 fully saturated rings. The van der Waals surface area contributed by atoms with Gasteiger partial charge in [-0.3, -0.25) is 4.68 Å². The number of aryl methyl sites for hydroxylation is 1. The van der Waals surface area contributed by atoms with Crippen LogP contribution in [0.3, 0.4) is 0 Å². The van der Waals surface area contributed by atoms with Crippen LogP contribution in [0.1, 0.15) is 24.5 Å². The first-order valence-electron chi connectivity index (χ1n) is 4.88. The van der Waals surface area contributed by atoms with Crippen LogP contribution in [0.2, 0.25) is 0 Å². The molecule has 14 heavy (non-hydrogen) atoms. The lowest BCUT2D eigenvalue weighted by Crippen LogP contribution is -1.95. The highest BCUT2D eigenvalue weighted by molar-refractivity contribution is 5.82. The number of aromatic nitrogens is 2. The van der Waals surface area contributed by atoms with Crippen molar-refractivity contribution in [3.8, 4) is 0 Å². The molecule has 2 aromatic rings.